The van der Waals surface area contributed by atoms with Gasteiger partial charge in [-0.15, -0.1) is 0 Å². The maximum absolute atomic E-state index is 8.73. The van der Waals surface area contributed by atoms with E-state index < -0.39 is 0 Å². The molecule has 1 heterocycles. The van der Waals surface area contributed by atoms with E-state index in [9.17, 15) is 0 Å². The quantitative estimate of drug-likeness (QED) is 0.748. The fourth-order valence-corrected chi connectivity index (χ4v) is 3.07. The molecule has 0 amide bonds. The molecule has 20 heavy (non-hydrogen) atoms. The van der Waals surface area contributed by atoms with Gasteiger partial charge in [0.25, 0.3) is 0 Å². The van der Waals surface area contributed by atoms with Gasteiger partial charge in [-0.05, 0) is 31.5 Å². The van der Waals surface area contributed by atoms with Crippen molar-refractivity contribution in [1.29, 1.82) is 0 Å². The highest BCUT2D eigenvalue weighted by atomic mass is 35.5. The molecule has 0 aromatic heterocycles. The Labute approximate surface area is 130 Å². The van der Waals surface area contributed by atoms with Crippen molar-refractivity contribution >= 4 is 23.2 Å². The monoisotopic (exact) mass is 317 g/mol. The van der Waals surface area contributed by atoms with E-state index in [-0.39, 0.29) is 12.6 Å². The van der Waals surface area contributed by atoms with Crippen LogP contribution in [-0.2, 0) is 0 Å². The van der Waals surface area contributed by atoms with E-state index in [0.717, 1.165) is 50.0 Å². The van der Waals surface area contributed by atoms with Crippen molar-refractivity contribution < 1.29 is 9.84 Å². The Morgan fingerprint density at radius 2 is 2.00 bits per heavy atom. The highest BCUT2D eigenvalue weighted by Gasteiger charge is 2.23. The van der Waals surface area contributed by atoms with E-state index in [1.165, 1.54) is 0 Å². The van der Waals surface area contributed by atoms with Crippen molar-refractivity contribution in [3.05, 3.63) is 27.7 Å². The molecule has 0 fully saturated rings. The number of nitrogens with one attached hydrogen (secondary N) is 1. The number of hydrogen-bond acceptors (Lipinski definition) is 3. The molecule has 112 valence electrons. The van der Waals surface area contributed by atoms with Crippen LogP contribution >= 0.6 is 23.2 Å². The molecule has 3 nitrogen and oxygen atoms in total. The maximum Gasteiger partial charge on any atom is 0.142 e. The zero-order valence-electron chi connectivity index (χ0n) is 11.5. The average molecular weight is 318 g/mol. The molecule has 1 aromatic rings. The van der Waals surface area contributed by atoms with Crippen LogP contribution in [-0.4, -0.2) is 24.9 Å². The van der Waals surface area contributed by atoms with E-state index >= 15 is 0 Å². The van der Waals surface area contributed by atoms with Crippen molar-refractivity contribution in [1.82, 2.24) is 5.32 Å². The molecule has 2 N–H and O–H groups in total. The second-order valence-electron chi connectivity index (χ2n) is 5.09. The fraction of sp³-hybridized carbons (Fsp3) is 0.600. The summed E-state index contributed by atoms with van der Waals surface area (Å²) in [4.78, 5) is 0. The van der Waals surface area contributed by atoms with Crippen molar-refractivity contribution in [3.63, 3.8) is 0 Å². The van der Waals surface area contributed by atoms with Crippen LogP contribution in [0.4, 0.5) is 0 Å². The average Bonchev–Trinajstić information content (AvgIpc) is 2.43. The lowest BCUT2D eigenvalue weighted by atomic mass is 10.0. The molecular weight excluding hydrogens is 297 g/mol. The number of ether oxygens (including phenoxy) is 1. The molecule has 2 rings (SSSR count). The molecule has 0 aliphatic carbocycles. The van der Waals surface area contributed by atoms with Gasteiger partial charge in [-0.2, -0.15) is 0 Å². The van der Waals surface area contributed by atoms with Crippen LogP contribution in [0.3, 0.4) is 0 Å². The topological polar surface area (TPSA) is 41.5 Å². The van der Waals surface area contributed by atoms with Gasteiger partial charge in [-0.25, -0.2) is 0 Å². The molecule has 0 saturated heterocycles. The second kappa shape index (κ2) is 8.08. The van der Waals surface area contributed by atoms with Gasteiger partial charge in [-0.1, -0.05) is 36.0 Å². The molecular formula is C15H21Cl2NO2. The van der Waals surface area contributed by atoms with Crippen LogP contribution in [0.25, 0.3) is 0 Å². The smallest absolute Gasteiger partial charge is 0.142 e. The maximum atomic E-state index is 8.73. The summed E-state index contributed by atoms with van der Waals surface area (Å²) in [6, 6.07) is 3.91. The molecule has 1 aromatic carbocycles. The van der Waals surface area contributed by atoms with Gasteiger partial charge in [0.05, 0.1) is 11.6 Å². The first-order valence-electron chi connectivity index (χ1n) is 7.18. The molecule has 1 aliphatic rings. The Kier molecular flexibility index (Phi) is 6.43. The summed E-state index contributed by atoms with van der Waals surface area (Å²) in [5.74, 6) is 0.764. The third-order valence-corrected chi connectivity index (χ3v) is 4.04. The highest BCUT2D eigenvalue weighted by Crippen LogP contribution is 2.39. The Morgan fingerprint density at radius 1 is 1.20 bits per heavy atom. The summed E-state index contributed by atoms with van der Waals surface area (Å²) in [6.45, 7) is 1.92. The summed E-state index contributed by atoms with van der Waals surface area (Å²) in [5.41, 5.74) is 1.06. The van der Waals surface area contributed by atoms with E-state index in [4.69, 9.17) is 33.0 Å². The lowest BCUT2D eigenvalue weighted by Crippen LogP contribution is -2.28. The second-order valence-corrected chi connectivity index (χ2v) is 5.93. The molecule has 1 atom stereocenters. The van der Waals surface area contributed by atoms with Gasteiger partial charge in [-0.3, -0.25) is 0 Å². The van der Waals surface area contributed by atoms with E-state index in [1.54, 1.807) is 6.07 Å². The number of fused-ring (bicyclic) bond motifs is 1. The molecule has 5 heteroatoms. The van der Waals surface area contributed by atoms with Crippen LogP contribution in [0.15, 0.2) is 12.1 Å². The minimum Gasteiger partial charge on any atom is -0.492 e. The van der Waals surface area contributed by atoms with E-state index in [1.807, 2.05) is 6.07 Å². The van der Waals surface area contributed by atoms with Crippen molar-refractivity contribution in [2.24, 2.45) is 0 Å². The minimum atomic E-state index is 0.257. The van der Waals surface area contributed by atoms with Gasteiger partial charge in [0, 0.05) is 29.7 Å². The largest absolute Gasteiger partial charge is 0.492 e. The standard InChI is InChI=1S/C15H21Cl2NO2/c16-11-9-12-14(18-6-3-1-2-4-7-19)5-8-20-15(12)13(17)10-11/h9-10,14,18-19H,1-8H2. The number of rotatable bonds is 7. The van der Waals surface area contributed by atoms with E-state index in [0.29, 0.717) is 16.7 Å². The van der Waals surface area contributed by atoms with Gasteiger partial charge in [0.1, 0.15) is 5.75 Å². The van der Waals surface area contributed by atoms with Gasteiger partial charge in [0.2, 0.25) is 0 Å². The van der Waals surface area contributed by atoms with Crippen molar-refractivity contribution in [2.45, 2.75) is 38.1 Å². The first kappa shape index (κ1) is 15.9. The summed E-state index contributed by atoms with van der Waals surface area (Å²) in [5, 5.41) is 13.5. The summed E-state index contributed by atoms with van der Waals surface area (Å²) in [7, 11) is 0. The lowest BCUT2D eigenvalue weighted by molar-refractivity contribution is 0.252. The fourth-order valence-electron chi connectivity index (χ4n) is 2.50. The van der Waals surface area contributed by atoms with Crippen LogP contribution in [0.1, 0.15) is 43.7 Å². The Balaban J connectivity index is 1.88. The Morgan fingerprint density at radius 3 is 2.80 bits per heavy atom. The predicted molar refractivity (Wildman–Crippen MR) is 82.9 cm³/mol. The van der Waals surface area contributed by atoms with Crippen LogP contribution in [0.2, 0.25) is 10.0 Å². The van der Waals surface area contributed by atoms with Crippen LogP contribution in [0.5, 0.6) is 5.75 Å². The number of halogens is 2. The zero-order chi connectivity index (χ0) is 14.4. The first-order chi connectivity index (χ1) is 9.72. The van der Waals surface area contributed by atoms with Gasteiger partial charge in [0.15, 0.2) is 0 Å². The third-order valence-electron chi connectivity index (χ3n) is 3.54. The number of unbranched alkanes of at least 4 members (excludes halogenated alkanes) is 3. The summed E-state index contributed by atoms with van der Waals surface area (Å²) < 4.78 is 5.64. The van der Waals surface area contributed by atoms with Crippen molar-refractivity contribution in [3.8, 4) is 5.75 Å². The number of aliphatic hydroxyl groups is 1. The predicted octanol–water partition coefficient (Wildman–Crippen LogP) is 3.96. The number of aliphatic hydroxyl groups excluding tert-OH is 1. The molecule has 1 aliphatic heterocycles. The first-order valence-corrected chi connectivity index (χ1v) is 7.94. The lowest BCUT2D eigenvalue weighted by Gasteiger charge is -2.27. The molecule has 0 radical (unpaired) electrons. The number of hydrogen-bond donors (Lipinski definition) is 2. The zero-order valence-corrected chi connectivity index (χ0v) is 13.0. The molecule has 0 spiro atoms. The third kappa shape index (κ3) is 4.26. The van der Waals surface area contributed by atoms with Crippen LogP contribution < -0.4 is 10.1 Å². The Hall–Kier alpha value is -0.480. The SMILES string of the molecule is OCCCCCCNC1CCOc2c(Cl)cc(Cl)cc21. The molecule has 1 unspecified atom stereocenters. The van der Waals surface area contributed by atoms with Crippen LogP contribution in [0, 0.1) is 0 Å². The van der Waals surface area contributed by atoms with Crippen molar-refractivity contribution in [2.75, 3.05) is 19.8 Å². The Bertz CT molecular complexity index is 440. The molecule has 0 bridgehead atoms. The highest BCUT2D eigenvalue weighted by molar-refractivity contribution is 6.35. The summed E-state index contributed by atoms with van der Waals surface area (Å²) >= 11 is 12.2. The normalized spacial score (nSPS) is 17.6. The van der Waals surface area contributed by atoms with Gasteiger partial charge >= 0.3 is 0 Å². The summed E-state index contributed by atoms with van der Waals surface area (Å²) in [6.07, 6.45) is 5.16. The van der Waals surface area contributed by atoms with Gasteiger partial charge < -0.3 is 15.2 Å². The number of benzene rings is 1. The minimum absolute atomic E-state index is 0.257. The molecule has 0 saturated carbocycles. The van der Waals surface area contributed by atoms with E-state index in [2.05, 4.69) is 5.32 Å².